The molecule has 0 atom stereocenters. The summed E-state index contributed by atoms with van der Waals surface area (Å²) in [7, 11) is 0. The van der Waals surface area contributed by atoms with Gasteiger partial charge in [-0.1, -0.05) is 106 Å². The fraction of sp³-hybridized carbons (Fsp3) is 0.375. The monoisotopic (exact) mass is 651 g/mol. The molecule has 4 bridgehead atoms. The second-order valence-electron chi connectivity index (χ2n) is 16.7. The maximum atomic E-state index is 10.1. The molecule has 4 saturated carbocycles. The lowest BCUT2D eigenvalue weighted by atomic mass is 9.43. The maximum Gasteiger partial charge on any atom is 0.0648 e. The van der Waals surface area contributed by atoms with E-state index in [9.17, 15) is 9.60 Å². The number of hydrogen-bond acceptors (Lipinski definition) is 1. The fourth-order valence-corrected chi connectivity index (χ4v) is 11.0. The summed E-state index contributed by atoms with van der Waals surface area (Å²) in [5.41, 5.74) is 4.00. The van der Waals surface area contributed by atoms with Gasteiger partial charge in [-0.3, -0.25) is 0 Å². The van der Waals surface area contributed by atoms with Crippen LogP contribution in [0.3, 0.4) is 0 Å². The van der Waals surface area contributed by atoms with Gasteiger partial charge in [0.1, 0.15) is 0 Å². The summed E-state index contributed by atoms with van der Waals surface area (Å²) in [6.45, 7) is 8.17. The number of rotatable bonds is 4. The van der Waals surface area contributed by atoms with Crippen LogP contribution in [0, 0.1) is 23.7 Å². The van der Waals surface area contributed by atoms with Crippen molar-refractivity contribution in [3.8, 4) is 22.3 Å². The average Bonchev–Trinajstić information content (AvgIpc) is 3.51. The molecule has 6 aliphatic rings. The quantitative estimate of drug-likeness (QED) is 0.187. The van der Waals surface area contributed by atoms with E-state index >= 15 is 0 Å². The Bertz CT molecular complexity index is 2680. The Kier molecular flexibility index (Phi) is 4.25. The highest BCUT2D eigenvalue weighted by Gasteiger charge is 2.61. The summed E-state index contributed by atoms with van der Waals surface area (Å²) < 4.78 is 110. The van der Waals surface area contributed by atoms with E-state index in [0.717, 1.165) is 49.7 Å². The van der Waals surface area contributed by atoms with Gasteiger partial charge >= 0.3 is 0 Å². The first-order valence-electron chi connectivity index (χ1n) is 24.1. The van der Waals surface area contributed by atoms with E-state index in [2.05, 4.69) is 36.4 Å². The summed E-state index contributed by atoms with van der Waals surface area (Å²) in [5, 5.41) is 0. The van der Waals surface area contributed by atoms with Crippen molar-refractivity contribution in [1.82, 2.24) is 0 Å². The van der Waals surface area contributed by atoms with Crippen molar-refractivity contribution in [2.24, 2.45) is 23.7 Å². The van der Waals surface area contributed by atoms with Crippen molar-refractivity contribution in [3.63, 3.8) is 0 Å². The number of fused-ring (bicyclic) bond motifs is 4. The number of nitrogens with zero attached hydrogens (tertiary/aromatic N) is 1. The van der Waals surface area contributed by atoms with Crippen molar-refractivity contribution in [2.75, 3.05) is 4.90 Å². The predicted octanol–water partition coefficient (Wildman–Crippen LogP) is 12.9. The Hall–Kier alpha value is -4.10. The highest BCUT2D eigenvalue weighted by Crippen LogP contribution is 2.69. The number of benzene rings is 5. The molecule has 11 rings (SSSR count). The highest BCUT2D eigenvalue weighted by molar-refractivity contribution is 5.87. The molecule has 246 valence electrons. The molecule has 1 heteroatoms. The van der Waals surface area contributed by atoms with Gasteiger partial charge in [0.05, 0.1) is 16.4 Å². The standard InChI is InChI=1S/C48H49N/c1-46(2)22-23-47(3,4)45-30-39(19-21-43(45)46)49(37-16-14-34(15-17-37)33-10-6-5-7-11-33)38-18-20-41-40-12-8-9-13-42(40)48(44(41)29-38)35-25-31-24-32(27-35)28-36(48)26-31/h5-21,29-32,35-36H,22-28H2,1-4H3/i5D,6D,7D,10D,11D,14D,15D,16D,17D,19D,21D,30D. The molecular formula is C48H49N. The molecule has 5 aromatic carbocycles. The van der Waals surface area contributed by atoms with Crippen LogP contribution in [0.1, 0.15) is 111 Å². The first kappa shape index (κ1) is 19.9. The van der Waals surface area contributed by atoms with E-state index in [0.29, 0.717) is 40.5 Å². The van der Waals surface area contributed by atoms with Crippen LogP contribution in [0.5, 0.6) is 0 Å². The lowest BCUT2D eigenvalue weighted by Crippen LogP contribution is -2.55. The molecule has 5 aromatic rings. The molecule has 0 aromatic heterocycles. The number of anilines is 3. The lowest BCUT2D eigenvalue weighted by molar-refractivity contribution is -0.0399. The van der Waals surface area contributed by atoms with Crippen LogP contribution < -0.4 is 4.90 Å². The van der Waals surface area contributed by atoms with E-state index in [-0.39, 0.29) is 34.9 Å². The number of hydrogen-bond donors (Lipinski definition) is 0. The third-order valence-electron chi connectivity index (χ3n) is 13.1. The summed E-state index contributed by atoms with van der Waals surface area (Å²) in [4.78, 5) is 1.50. The summed E-state index contributed by atoms with van der Waals surface area (Å²) in [6, 6.07) is 8.82. The van der Waals surface area contributed by atoms with E-state index in [4.69, 9.17) is 6.85 Å². The normalized spacial score (nSPS) is 31.3. The van der Waals surface area contributed by atoms with Crippen LogP contribution in [-0.2, 0) is 16.2 Å². The zero-order chi connectivity index (χ0) is 43.6. The first-order chi connectivity index (χ1) is 28.7. The highest BCUT2D eigenvalue weighted by atomic mass is 15.1. The zero-order valence-corrected chi connectivity index (χ0v) is 28.7. The van der Waals surface area contributed by atoms with Crippen molar-refractivity contribution in [3.05, 3.63) is 137 Å². The minimum absolute atomic E-state index is 0.00606. The van der Waals surface area contributed by atoms with E-state index in [1.807, 2.05) is 33.8 Å². The van der Waals surface area contributed by atoms with Crippen molar-refractivity contribution in [2.45, 2.75) is 88.9 Å². The summed E-state index contributed by atoms with van der Waals surface area (Å²) in [5.74, 6) is 2.22. The second-order valence-corrected chi connectivity index (χ2v) is 16.7. The maximum absolute atomic E-state index is 10.1. The molecule has 0 heterocycles. The molecule has 0 saturated heterocycles. The fourth-order valence-electron chi connectivity index (χ4n) is 11.0. The van der Waals surface area contributed by atoms with Gasteiger partial charge in [-0.05, 0) is 160 Å². The predicted molar refractivity (Wildman–Crippen MR) is 205 cm³/mol. The minimum Gasteiger partial charge on any atom is -0.310 e. The van der Waals surface area contributed by atoms with Gasteiger partial charge in [-0.2, -0.15) is 0 Å². The third kappa shape index (κ3) is 4.30. The molecule has 1 spiro atoms. The molecule has 0 N–H and O–H groups in total. The van der Waals surface area contributed by atoms with Gasteiger partial charge in [0.2, 0.25) is 0 Å². The van der Waals surface area contributed by atoms with Crippen molar-refractivity contribution >= 4 is 17.1 Å². The molecule has 0 unspecified atom stereocenters. The van der Waals surface area contributed by atoms with Crippen molar-refractivity contribution in [1.29, 1.82) is 0 Å². The SMILES string of the molecule is [2H]c1c([2H])c([2H])c(-c2c([2H])c([2H])c(N(c3ccc4c(c3)C3(c5ccccc5-4)C4CC5CC(C4)CC3C5)c3c([2H])c([2H])c4c(c3[2H])C(C)(C)CCC4(C)C)c([2H])c2[2H])c([2H])c1[2H]. The molecule has 1 nitrogen and oxygen atoms in total. The molecule has 0 amide bonds. The zero-order valence-electron chi connectivity index (χ0n) is 40.7. The van der Waals surface area contributed by atoms with E-state index in [1.165, 1.54) is 22.4 Å². The Balaban J connectivity index is 1.29. The Morgan fingerprint density at radius 1 is 0.551 bits per heavy atom. The van der Waals surface area contributed by atoms with Crippen LogP contribution in [0.25, 0.3) is 22.3 Å². The van der Waals surface area contributed by atoms with Gasteiger partial charge in [0.25, 0.3) is 0 Å². The van der Waals surface area contributed by atoms with Crippen LogP contribution in [0.4, 0.5) is 17.1 Å². The Labute approximate surface area is 310 Å². The molecule has 6 aliphatic carbocycles. The average molecular weight is 652 g/mol. The van der Waals surface area contributed by atoms with Gasteiger partial charge in [0, 0.05) is 22.5 Å². The van der Waals surface area contributed by atoms with Crippen LogP contribution >= 0.6 is 0 Å². The first-order valence-corrected chi connectivity index (χ1v) is 18.1. The lowest BCUT2D eigenvalue weighted by Gasteiger charge is -2.61. The second kappa shape index (κ2) is 10.5. The minimum atomic E-state index is -0.656. The van der Waals surface area contributed by atoms with Gasteiger partial charge in [0.15, 0.2) is 0 Å². The largest absolute Gasteiger partial charge is 0.310 e. The van der Waals surface area contributed by atoms with Crippen LogP contribution in [-0.4, -0.2) is 0 Å². The summed E-state index contributed by atoms with van der Waals surface area (Å²) in [6.07, 6.45) is 7.32. The molecule has 0 radical (unpaired) electrons. The molecule has 4 fully saturated rings. The molecule has 49 heavy (non-hydrogen) atoms. The van der Waals surface area contributed by atoms with Crippen LogP contribution in [0.2, 0.25) is 0 Å². The smallest absolute Gasteiger partial charge is 0.0648 e. The Morgan fingerprint density at radius 2 is 1.16 bits per heavy atom. The summed E-state index contributed by atoms with van der Waals surface area (Å²) >= 11 is 0. The van der Waals surface area contributed by atoms with E-state index in [1.54, 1.807) is 0 Å². The van der Waals surface area contributed by atoms with Crippen molar-refractivity contribution < 1.29 is 16.4 Å². The van der Waals surface area contributed by atoms with Gasteiger partial charge < -0.3 is 4.90 Å². The Morgan fingerprint density at radius 3 is 1.88 bits per heavy atom. The molecule has 0 aliphatic heterocycles. The van der Waals surface area contributed by atoms with Crippen LogP contribution in [0.15, 0.2) is 115 Å². The third-order valence-corrected chi connectivity index (χ3v) is 13.1. The van der Waals surface area contributed by atoms with Gasteiger partial charge in [-0.25, -0.2) is 0 Å². The van der Waals surface area contributed by atoms with E-state index < -0.39 is 76.3 Å². The van der Waals surface area contributed by atoms with Gasteiger partial charge in [-0.15, -0.1) is 0 Å². The topological polar surface area (TPSA) is 3.24 Å². The molecular weight excluding hydrogens is 591 g/mol.